The highest BCUT2D eigenvalue weighted by atomic mass is 79.9. The number of ether oxygens (including phenoxy) is 2. The average Bonchev–Trinajstić information content (AvgIpc) is 2.88. The van der Waals surface area contributed by atoms with Crippen LogP contribution in [0.15, 0.2) is 70.2 Å². The van der Waals surface area contributed by atoms with Crippen LogP contribution in [0.25, 0.3) is 0 Å². The highest BCUT2D eigenvalue weighted by Crippen LogP contribution is 2.37. The second-order valence-corrected chi connectivity index (χ2v) is 9.84. The molecule has 1 atom stereocenters. The van der Waals surface area contributed by atoms with Crippen molar-refractivity contribution < 1.29 is 23.5 Å². The van der Waals surface area contributed by atoms with Gasteiger partial charge in [-0.25, -0.2) is 9.82 Å². The number of hydrazone groups is 1. The van der Waals surface area contributed by atoms with Gasteiger partial charge in [0.1, 0.15) is 18.5 Å². The maximum atomic E-state index is 13.2. The van der Waals surface area contributed by atoms with Gasteiger partial charge in [0.25, 0.3) is 11.8 Å². The van der Waals surface area contributed by atoms with Crippen LogP contribution >= 0.6 is 27.5 Å². The minimum absolute atomic E-state index is 0.220. The molecule has 0 radical (unpaired) electrons. The molecule has 0 aliphatic rings. The molecule has 0 aliphatic carbocycles. The first-order valence-corrected chi connectivity index (χ1v) is 13.1. The molecule has 200 valence electrons. The summed E-state index contributed by atoms with van der Waals surface area (Å²) in [6.45, 7) is 6.12. The van der Waals surface area contributed by atoms with Gasteiger partial charge in [0, 0.05) is 16.1 Å². The molecule has 38 heavy (non-hydrogen) atoms. The minimum atomic E-state index is -0.851. The quantitative estimate of drug-likeness (QED) is 0.204. The van der Waals surface area contributed by atoms with Crippen molar-refractivity contribution in [3.63, 3.8) is 0 Å². The molecule has 0 fully saturated rings. The standard InChI is InChI=1S/C28H28BrClFN3O4/c1-4-37-24-14-18(13-22(29)26(24)38-16-20-7-5-6-8-23(20)30)15-32-34-28(36)25(17(2)3)33-27(35)19-9-11-21(31)12-10-19/h5-15,17,25H,4,16H2,1-3H3,(H,33,35)(H,34,36). The van der Waals surface area contributed by atoms with Crippen molar-refractivity contribution in [2.75, 3.05) is 6.61 Å². The lowest BCUT2D eigenvalue weighted by Crippen LogP contribution is -2.48. The third kappa shape index (κ3) is 8.03. The first kappa shape index (κ1) is 29.1. The Bertz CT molecular complexity index is 1300. The largest absolute Gasteiger partial charge is 0.490 e. The molecule has 1 unspecified atom stereocenters. The van der Waals surface area contributed by atoms with Crippen LogP contribution in [0.5, 0.6) is 11.5 Å². The van der Waals surface area contributed by atoms with Gasteiger partial charge < -0.3 is 14.8 Å². The zero-order chi connectivity index (χ0) is 27.7. The van der Waals surface area contributed by atoms with Crippen LogP contribution in [-0.2, 0) is 11.4 Å². The molecule has 3 rings (SSSR count). The van der Waals surface area contributed by atoms with Gasteiger partial charge in [0.05, 0.1) is 17.3 Å². The lowest BCUT2D eigenvalue weighted by molar-refractivity contribution is -0.123. The van der Waals surface area contributed by atoms with Crippen molar-refractivity contribution in [1.82, 2.24) is 10.7 Å². The number of benzene rings is 3. The Morgan fingerprint density at radius 2 is 1.82 bits per heavy atom. The molecule has 0 saturated heterocycles. The van der Waals surface area contributed by atoms with Crippen molar-refractivity contribution in [3.05, 3.63) is 92.7 Å². The van der Waals surface area contributed by atoms with E-state index in [0.29, 0.717) is 33.2 Å². The molecular formula is C28H28BrClFN3O4. The number of nitrogens with zero attached hydrogens (tertiary/aromatic N) is 1. The Kier molecular flexibility index (Phi) is 10.7. The summed E-state index contributed by atoms with van der Waals surface area (Å²) in [5.41, 5.74) is 4.20. The van der Waals surface area contributed by atoms with Gasteiger partial charge in [0.15, 0.2) is 11.5 Å². The summed E-state index contributed by atoms with van der Waals surface area (Å²) in [5, 5.41) is 7.33. The molecule has 3 aromatic carbocycles. The molecule has 2 amide bonds. The molecule has 7 nitrogen and oxygen atoms in total. The van der Waals surface area contributed by atoms with E-state index in [1.807, 2.05) is 25.1 Å². The van der Waals surface area contributed by atoms with E-state index in [2.05, 4.69) is 31.8 Å². The molecule has 0 aromatic heterocycles. The van der Waals surface area contributed by atoms with Gasteiger partial charge in [-0.2, -0.15) is 5.10 Å². The number of halogens is 3. The molecule has 0 aliphatic heterocycles. The van der Waals surface area contributed by atoms with Gasteiger partial charge >= 0.3 is 0 Å². The van der Waals surface area contributed by atoms with Crippen LogP contribution < -0.4 is 20.2 Å². The van der Waals surface area contributed by atoms with Crippen LogP contribution in [-0.4, -0.2) is 30.7 Å². The smallest absolute Gasteiger partial charge is 0.262 e. The van der Waals surface area contributed by atoms with E-state index in [9.17, 15) is 14.0 Å². The second-order valence-electron chi connectivity index (χ2n) is 8.58. The zero-order valence-corrected chi connectivity index (χ0v) is 23.5. The fourth-order valence-corrected chi connectivity index (χ4v) is 4.20. The van der Waals surface area contributed by atoms with Crippen molar-refractivity contribution in [1.29, 1.82) is 0 Å². The molecule has 0 bridgehead atoms. The summed E-state index contributed by atoms with van der Waals surface area (Å²) in [7, 11) is 0. The number of nitrogens with one attached hydrogen (secondary N) is 2. The van der Waals surface area contributed by atoms with Crippen LogP contribution in [0.2, 0.25) is 5.02 Å². The molecule has 0 heterocycles. The topological polar surface area (TPSA) is 89.0 Å². The van der Waals surface area contributed by atoms with Gasteiger partial charge in [0.2, 0.25) is 0 Å². The number of hydrogen-bond donors (Lipinski definition) is 2. The Labute approximate surface area is 234 Å². The van der Waals surface area contributed by atoms with Crippen LogP contribution in [0.1, 0.15) is 42.3 Å². The SMILES string of the molecule is CCOc1cc(C=NNC(=O)C(NC(=O)c2ccc(F)cc2)C(C)C)cc(Br)c1OCc1ccccc1Cl. The first-order chi connectivity index (χ1) is 18.2. The molecule has 3 aromatic rings. The van der Waals surface area contributed by atoms with Gasteiger partial charge in [-0.1, -0.05) is 43.6 Å². The maximum Gasteiger partial charge on any atom is 0.262 e. The van der Waals surface area contributed by atoms with Crippen molar-refractivity contribution in [3.8, 4) is 11.5 Å². The molecule has 10 heteroatoms. The summed E-state index contributed by atoms with van der Waals surface area (Å²) >= 11 is 9.75. The predicted molar refractivity (Wildman–Crippen MR) is 149 cm³/mol. The first-order valence-electron chi connectivity index (χ1n) is 11.9. The summed E-state index contributed by atoms with van der Waals surface area (Å²) < 4.78 is 25.5. The van der Waals surface area contributed by atoms with Crippen molar-refractivity contribution >= 4 is 45.6 Å². The van der Waals surface area contributed by atoms with E-state index in [1.54, 1.807) is 32.0 Å². The van der Waals surface area contributed by atoms with E-state index in [0.717, 1.165) is 5.56 Å². The Morgan fingerprint density at radius 1 is 1.11 bits per heavy atom. The third-order valence-electron chi connectivity index (χ3n) is 5.39. The highest BCUT2D eigenvalue weighted by Gasteiger charge is 2.24. The van der Waals surface area contributed by atoms with E-state index >= 15 is 0 Å². The van der Waals surface area contributed by atoms with Gasteiger partial charge in [-0.3, -0.25) is 9.59 Å². The molecule has 2 N–H and O–H groups in total. The number of carbonyl (C=O) groups excluding carboxylic acids is 2. The monoisotopic (exact) mass is 603 g/mol. The highest BCUT2D eigenvalue weighted by molar-refractivity contribution is 9.10. The molecular weight excluding hydrogens is 577 g/mol. The van der Waals surface area contributed by atoms with Gasteiger partial charge in [-0.05, 0) is 76.8 Å². The average molecular weight is 605 g/mol. The Morgan fingerprint density at radius 3 is 2.47 bits per heavy atom. The normalized spacial score (nSPS) is 11.9. The van der Waals surface area contributed by atoms with E-state index in [1.165, 1.54) is 30.5 Å². The van der Waals surface area contributed by atoms with E-state index in [-0.39, 0.29) is 18.1 Å². The summed E-state index contributed by atoms with van der Waals surface area (Å²) in [4.78, 5) is 25.3. The minimum Gasteiger partial charge on any atom is -0.490 e. The summed E-state index contributed by atoms with van der Waals surface area (Å²) in [6.07, 6.45) is 1.46. The fraction of sp³-hybridized carbons (Fsp3) is 0.250. The number of hydrogen-bond acceptors (Lipinski definition) is 5. The van der Waals surface area contributed by atoms with Crippen molar-refractivity contribution in [2.45, 2.75) is 33.4 Å². The maximum absolute atomic E-state index is 13.2. The lowest BCUT2D eigenvalue weighted by atomic mass is 10.0. The predicted octanol–water partition coefficient (Wildman–Crippen LogP) is 6.12. The third-order valence-corrected chi connectivity index (χ3v) is 6.35. The summed E-state index contributed by atoms with van der Waals surface area (Å²) in [6, 6.07) is 15.2. The van der Waals surface area contributed by atoms with Crippen LogP contribution in [0.4, 0.5) is 4.39 Å². The van der Waals surface area contributed by atoms with Crippen molar-refractivity contribution in [2.24, 2.45) is 11.0 Å². The van der Waals surface area contributed by atoms with E-state index < -0.39 is 23.7 Å². The zero-order valence-electron chi connectivity index (χ0n) is 21.1. The van der Waals surface area contributed by atoms with Crippen LogP contribution in [0.3, 0.4) is 0 Å². The Balaban J connectivity index is 1.69. The second kappa shape index (κ2) is 13.9. The molecule has 0 saturated carbocycles. The fourth-order valence-electron chi connectivity index (χ4n) is 3.43. The number of amides is 2. The summed E-state index contributed by atoms with van der Waals surface area (Å²) in [5.74, 6) is -0.642. The Hall–Kier alpha value is -3.43. The van der Waals surface area contributed by atoms with Gasteiger partial charge in [-0.15, -0.1) is 0 Å². The van der Waals surface area contributed by atoms with Crippen LogP contribution in [0, 0.1) is 11.7 Å². The lowest BCUT2D eigenvalue weighted by Gasteiger charge is -2.20. The number of carbonyl (C=O) groups is 2. The molecule has 0 spiro atoms. The van der Waals surface area contributed by atoms with E-state index in [4.69, 9.17) is 21.1 Å². The number of rotatable bonds is 11.